The number of nitrogens with one attached hydrogen (secondary N) is 2. The number of nitrogens with zero attached hydrogens (tertiary/aromatic N) is 2. The van der Waals surface area contributed by atoms with Gasteiger partial charge in [-0.2, -0.15) is 10.4 Å². The van der Waals surface area contributed by atoms with E-state index in [1.54, 1.807) is 44.4 Å². The first-order valence-corrected chi connectivity index (χ1v) is 8.03. The van der Waals surface area contributed by atoms with Crippen molar-refractivity contribution in [1.29, 1.82) is 5.26 Å². The molecule has 0 radical (unpaired) electrons. The summed E-state index contributed by atoms with van der Waals surface area (Å²) >= 11 is 0. The molecular formula is C19H18N4O4. The number of hydrogen-bond acceptors (Lipinski definition) is 7. The van der Waals surface area contributed by atoms with Crippen LogP contribution >= 0.6 is 0 Å². The zero-order chi connectivity index (χ0) is 19.6. The molecule has 138 valence electrons. The van der Waals surface area contributed by atoms with Crippen molar-refractivity contribution in [3.63, 3.8) is 0 Å². The Bertz CT molecular complexity index is 868. The third kappa shape index (κ3) is 5.57. The summed E-state index contributed by atoms with van der Waals surface area (Å²) in [5.41, 5.74) is 3.67. The highest BCUT2D eigenvalue weighted by Crippen LogP contribution is 2.15. The minimum atomic E-state index is -0.678. The molecule has 1 amide bonds. The van der Waals surface area contributed by atoms with Crippen LogP contribution in [-0.2, 0) is 9.53 Å². The maximum Gasteiger partial charge on any atom is 0.338 e. The second kappa shape index (κ2) is 9.58. The summed E-state index contributed by atoms with van der Waals surface area (Å²) in [6.07, 6.45) is 0. The number of ether oxygens (including phenoxy) is 2. The number of nitriles is 1. The number of hydrogen-bond donors (Lipinski definition) is 2. The van der Waals surface area contributed by atoms with Crippen LogP contribution in [0.15, 0.2) is 53.6 Å². The Kier molecular flexibility index (Phi) is 6.91. The Hall–Kier alpha value is -3.86. The van der Waals surface area contributed by atoms with Crippen LogP contribution in [-0.4, -0.2) is 31.3 Å². The molecule has 0 aliphatic carbocycles. The summed E-state index contributed by atoms with van der Waals surface area (Å²) in [5, 5.41) is 15.5. The van der Waals surface area contributed by atoms with E-state index in [0.29, 0.717) is 22.7 Å². The van der Waals surface area contributed by atoms with Gasteiger partial charge in [0, 0.05) is 5.69 Å². The maximum absolute atomic E-state index is 12.2. The molecule has 2 rings (SSSR count). The fourth-order valence-electron chi connectivity index (χ4n) is 2.01. The summed E-state index contributed by atoms with van der Waals surface area (Å²) < 4.78 is 9.94. The predicted octanol–water partition coefficient (Wildman–Crippen LogP) is 2.80. The molecule has 0 aliphatic rings. The van der Waals surface area contributed by atoms with Crippen LogP contribution < -0.4 is 15.5 Å². The number of benzene rings is 2. The minimum absolute atomic E-state index is 0.278. The van der Waals surface area contributed by atoms with Crippen molar-refractivity contribution in [2.24, 2.45) is 5.10 Å². The zero-order valence-electron chi connectivity index (χ0n) is 14.9. The highest BCUT2D eigenvalue weighted by Gasteiger charge is 2.12. The van der Waals surface area contributed by atoms with Crippen molar-refractivity contribution in [2.75, 3.05) is 24.5 Å². The van der Waals surface area contributed by atoms with E-state index >= 15 is 0 Å². The lowest BCUT2D eigenvalue weighted by molar-refractivity contribution is -0.110. The SMILES string of the molecule is CCOC(=O)c1ccc(NC(=O)C(C#N)=NNc2ccc(OC)cc2)cc1. The van der Waals surface area contributed by atoms with Gasteiger partial charge in [0.25, 0.3) is 5.91 Å². The Labute approximate surface area is 156 Å². The molecular weight excluding hydrogens is 348 g/mol. The van der Waals surface area contributed by atoms with E-state index in [0.717, 1.165) is 0 Å². The molecule has 0 spiro atoms. The summed E-state index contributed by atoms with van der Waals surface area (Å²) in [7, 11) is 1.55. The number of esters is 1. The number of carbonyl (C=O) groups is 2. The van der Waals surface area contributed by atoms with E-state index in [1.807, 2.05) is 0 Å². The lowest BCUT2D eigenvalue weighted by Crippen LogP contribution is -2.22. The average Bonchev–Trinajstić information content (AvgIpc) is 2.69. The Morgan fingerprint density at radius 1 is 1.07 bits per heavy atom. The van der Waals surface area contributed by atoms with Crippen LogP contribution in [0.4, 0.5) is 11.4 Å². The van der Waals surface area contributed by atoms with Crippen molar-refractivity contribution in [2.45, 2.75) is 6.92 Å². The first-order chi connectivity index (χ1) is 13.1. The molecule has 0 fully saturated rings. The van der Waals surface area contributed by atoms with E-state index in [2.05, 4.69) is 15.8 Å². The van der Waals surface area contributed by atoms with Crippen molar-refractivity contribution in [3.05, 3.63) is 54.1 Å². The van der Waals surface area contributed by atoms with E-state index in [-0.39, 0.29) is 12.3 Å². The molecule has 0 atom stereocenters. The fraction of sp³-hybridized carbons (Fsp3) is 0.158. The Morgan fingerprint density at radius 3 is 2.26 bits per heavy atom. The van der Waals surface area contributed by atoms with Gasteiger partial charge in [-0.25, -0.2) is 4.79 Å². The highest BCUT2D eigenvalue weighted by molar-refractivity contribution is 6.48. The molecule has 8 heteroatoms. The van der Waals surface area contributed by atoms with Gasteiger partial charge >= 0.3 is 5.97 Å². The molecule has 0 bridgehead atoms. The molecule has 0 saturated carbocycles. The summed E-state index contributed by atoms with van der Waals surface area (Å²) in [6.45, 7) is 2.00. The number of amides is 1. The largest absolute Gasteiger partial charge is 0.497 e. The van der Waals surface area contributed by atoms with E-state index in [4.69, 9.17) is 14.7 Å². The van der Waals surface area contributed by atoms with Gasteiger partial charge in [0.1, 0.15) is 11.8 Å². The van der Waals surface area contributed by atoms with Crippen LogP contribution in [0.5, 0.6) is 5.75 Å². The third-order valence-corrected chi connectivity index (χ3v) is 3.36. The first-order valence-electron chi connectivity index (χ1n) is 8.03. The number of hydrazone groups is 1. The molecule has 0 aromatic heterocycles. The molecule has 0 heterocycles. The average molecular weight is 366 g/mol. The molecule has 0 aliphatic heterocycles. The number of carbonyl (C=O) groups excluding carboxylic acids is 2. The number of anilines is 2. The second-order valence-electron chi connectivity index (χ2n) is 5.16. The lowest BCUT2D eigenvalue weighted by atomic mass is 10.2. The van der Waals surface area contributed by atoms with Crippen molar-refractivity contribution in [3.8, 4) is 11.8 Å². The first kappa shape index (κ1) is 19.5. The molecule has 27 heavy (non-hydrogen) atoms. The zero-order valence-corrected chi connectivity index (χ0v) is 14.9. The Morgan fingerprint density at radius 2 is 1.70 bits per heavy atom. The molecule has 2 aromatic rings. The predicted molar refractivity (Wildman–Crippen MR) is 101 cm³/mol. The van der Waals surface area contributed by atoms with Crippen LogP contribution in [0.1, 0.15) is 17.3 Å². The van der Waals surface area contributed by atoms with Crippen LogP contribution in [0.3, 0.4) is 0 Å². The van der Waals surface area contributed by atoms with Crippen LogP contribution in [0.2, 0.25) is 0 Å². The molecule has 0 saturated heterocycles. The fourth-order valence-corrected chi connectivity index (χ4v) is 2.01. The standard InChI is InChI=1S/C19H18N4O4/c1-3-27-19(25)13-4-6-14(7-5-13)21-18(24)17(12-20)23-22-15-8-10-16(26-2)11-9-15/h4-11,22H,3H2,1-2H3,(H,21,24). The quantitative estimate of drug-likeness (QED) is 0.443. The van der Waals surface area contributed by atoms with Crippen molar-refractivity contribution < 1.29 is 19.1 Å². The van der Waals surface area contributed by atoms with E-state index in [1.165, 1.54) is 24.3 Å². The summed E-state index contributed by atoms with van der Waals surface area (Å²) in [5.74, 6) is -0.449. The van der Waals surface area contributed by atoms with Gasteiger partial charge < -0.3 is 14.8 Å². The van der Waals surface area contributed by atoms with E-state index in [9.17, 15) is 9.59 Å². The molecule has 8 nitrogen and oxygen atoms in total. The minimum Gasteiger partial charge on any atom is -0.497 e. The van der Waals surface area contributed by atoms with Gasteiger partial charge in [-0.05, 0) is 55.5 Å². The molecule has 2 N–H and O–H groups in total. The monoisotopic (exact) mass is 366 g/mol. The van der Waals surface area contributed by atoms with Gasteiger partial charge in [-0.1, -0.05) is 0 Å². The van der Waals surface area contributed by atoms with Gasteiger partial charge in [-0.3, -0.25) is 10.2 Å². The van der Waals surface area contributed by atoms with Crippen LogP contribution in [0.25, 0.3) is 0 Å². The van der Waals surface area contributed by atoms with E-state index < -0.39 is 11.9 Å². The second-order valence-corrected chi connectivity index (χ2v) is 5.16. The van der Waals surface area contributed by atoms with Gasteiger partial charge in [0.2, 0.25) is 5.71 Å². The Balaban J connectivity index is 2.01. The normalized spacial score (nSPS) is 10.5. The van der Waals surface area contributed by atoms with Gasteiger partial charge in [-0.15, -0.1) is 0 Å². The van der Waals surface area contributed by atoms with Crippen molar-refractivity contribution >= 4 is 29.0 Å². The molecule has 0 unspecified atom stereocenters. The highest BCUT2D eigenvalue weighted by atomic mass is 16.5. The number of rotatable bonds is 7. The maximum atomic E-state index is 12.2. The van der Waals surface area contributed by atoms with Crippen LogP contribution in [0, 0.1) is 11.3 Å². The van der Waals surface area contributed by atoms with Gasteiger partial charge in [0.15, 0.2) is 0 Å². The summed E-state index contributed by atoms with van der Waals surface area (Å²) in [4.78, 5) is 23.8. The van der Waals surface area contributed by atoms with Crippen molar-refractivity contribution in [1.82, 2.24) is 0 Å². The number of methoxy groups -OCH3 is 1. The smallest absolute Gasteiger partial charge is 0.338 e. The molecule has 2 aromatic carbocycles. The third-order valence-electron chi connectivity index (χ3n) is 3.36. The van der Waals surface area contributed by atoms with Gasteiger partial charge in [0.05, 0.1) is 25.0 Å². The lowest BCUT2D eigenvalue weighted by Gasteiger charge is -2.06. The topological polar surface area (TPSA) is 113 Å². The summed E-state index contributed by atoms with van der Waals surface area (Å²) in [6, 6.07) is 14.7.